The molecule has 3 aromatic rings. The Bertz CT molecular complexity index is 784. The van der Waals surface area contributed by atoms with Crippen LogP contribution in [0.1, 0.15) is 17.0 Å². The molecule has 106 valence electrons. The number of hydrogen-bond acceptors (Lipinski definition) is 3. The molecule has 0 bridgehead atoms. The summed E-state index contributed by atoms with van der Waals surface area (Å²) in [5, 5.41) is 13.5. The smallest absolute Gasteiger partial charge is 0.111 e. The van der Waals surface area contributed by atoms with Crippen LogP contribution in [0.2, 0.25) is 0 Å². The van der Waals surface area contributed by atoms with Crippen LogP contribution >= 0.6 is 22.9 Å². The number of hydrogen-bond donors (Lipinski definition) is 0. The lowest BCUT2D eigenvalue weighted by molar-refractivity contribution is 0.676. The number of fused-ring (bicyclic) bond motifs is 1. The fourth-order valence-corrected chi connectivity index (χ4v) is 3.36. The Morgan fingerprint density at radius 3 is 2.90 bits per heavy atom. The molecule has 21 heavy (non-hydrogen) atoms. The molecule has 0 amide bonds. The molecule has 0 atom stereocenters. The summed E-state index contributed by atoms with van der Waals surface area (Å²) >= 11 is 7.60. The first-order valence-electron chi connectivity index (χ1n) is 6.78. The van der Waals surface area contributed by atoms with Crippen molar-refractivity contribution in [2.24, 2.45) is 0 Å². The fourth-order valence-electron chi connectivity index (χ4n) is 2.49. The van der Waals surface area contributed by atoms with E-state index in [9.17, 15) is 5.26 Å². The van der Waals surface area contributed by atoms with E-state index >= 15 is 0 Å². The van der Waals surface area contributed by atoms with E-state index in [1.165, 1.54) is 5.56 Å². The van der Waals surface area contributed by atoms with E-state index in [0.29, 0.717) is 17.9 Å². The molecule has 0 radical (unpaired) electrons. The first-order chi connectivity index (χ1) is 10.3. The molecule has 0 aliphatic rings. The number of para-hydroxylation sites is 1. The van der Waals surface area contributed by atoms with Gasteiger partial charge in [-0.25, -0.2) is 4.98 Å². The second-order valence-electron chi connectivity index (χ2n) is 4.79. The number of rotatable bonds is 5. The molecule has 2 heterocycles. The molecule has 5 heteroatoms. The van der Waals surface area contributed by atoms with E-state index in [4.69, 9.17) is 11.6 Å². The maximum atomic E-state index is 9.22. The summed E-state index contributed by atoms with van der Waals surface area (Å²) in [5.41, 5.74) is 3.75. The van der Waals surface area contributed by atoms with E-state index in [1.807, 2.05) is 18.2 Å². The molecule has 0 saturated carbocycles. The standard InChI is InChI=1S/C16H14ClN3S/c17-7-4-15-19-16-13(10-18)2-1-3-14(16)20(15)8-5-12-6-9-21-11-12/h1-3,6,9,11H,4-5,7-8H2. The highest BCUT2D eigenvalue weighted by Gasteiger charge is 2.13. The normalized spacial score (nSPS) is 10.9. The predicted molar refractivity (Wildman–Crippen MR) is 86.9 cm³/mol. The van der Waals surface area contributed by atoms with Crippen LogP contribution in [0.25, 0.3) is 11.0 Å². The second-order valence-corrected chi connectivity index (χ2v) is 5.94. The van der Waals surface area contributed by atoms with Crippen LogP contribution in [0, 0.1) is 11.3 Å². The van der Waals surface area contributed by atoms with E-state index in [-0.39, 0.29) is 0 Å². The van der Waals surface area contributed by atoms with Crippen molar-refractivity contribution in [2.75, 3.05) is 5.88 Å². The van der Waals surface area contributed by atoms with E-state index in [0.717, 1.165) is 29.8 Å². The second kappa shape index (κ2) is 6.30. The molecule has 2 aromatic heterocycles. The van der Waals surface area contributed by atoms with Gasteiger partial charge in [-0.05, 0) is 40.9 Å². The van der Waals surface area contributed by atoms with Crippen LogP contribution < -0.4 is 0 Å². The molecular formula is C16H14ClN3S. The number of aromatic nitrogens is 2. The largest absolute Gasteiger partial charge is 0.328 e. The Balaban J connectivity index is 2.02. The number of aryl methyl sites for hydroxylation is 3. The summed E-state index contributed by atoms with van der Waals surface area (Å²) in [7, 11) is 0. The number of nitriles is 1. The Morgan fingerprint density at radius 1 is 1.29 bits per heavy atom. The molecule has 0 spiro atoms. The number of halogens is 1. The van der Waals surface area contributed by atoms with E-state index in [1.54, 1.807) is 11.3 Å². The Morgan fingerprint density at radius 2 is 2.19 bits per heavy atom. The van der Waals surface area contributed by atoms with Gasteiger partial charge in [0.1, 0.15) is 17.4 Å². The highest BCUT2D eigenvalue weighted by atomic mass is 35.5. The molecule has 3 rings (SSSR count). The first-order valence-corrected chi connectivity index (χ1v) is 8.26. The van der Waals surface area contributed by atoms with Crippen LogP contribution in [0.15, 0.2) is 35.0 Å². The number of nitrogens with zero attached hydrogens (tertiary/aromatic N) is 3. The van der Waals surface area contributed by atoms with Gasteiger partial charge in [-0.2, -0.15) is 16.6 Å². The van der Waals surface area contributed by atoms with Crippen LogP contribution in [0.4, 0.5) is 0 Å². The fraction of sp³-hybridized carbons (Fsp3) is 0.250. The van der Waals surface area contributed by atoms with Gasteiger partial charge in [-0.3, -0.25) is 0 Å². The highest BCUT2D eigenvalue weighted by molar-refractivity contribution is 7.07. The maximum absolute atomic E-state index is 9.22. The molecule has 1 aromatic carbocycles. The lowest BCUT2D eigenvalue weighted by Crippen LogP contribution is -2.06. The van der Waals surface area contributed by atoms with Gasteiger partial charge in [-0.15, -0.1) is 11.6 Å². The molecule has 0 fully saturated rings. The quantitative estimate of drug-likeness (QED) is 0.668. The zero-order valence-corrected chi connectivity index (χ0v) is 13.0. The molecule has 0 unspecified atom stereocenters. The lowest BCUT2D eigenvalue weighted by atomic mass is 10.2. The first kappa shape index (κ1) is 14.1. The van der Waals surface area contributed by atoms with Gasteiger partial charge in [0.25, 0.3) is 0 Å². The topological polar surface area (TPSA) is 41.6 Å². The van der Waals surface area contributed by atoms with Crippen molar-refractivity contribution in [3.05, 3.63) is 52.0 Å². The van der Waals surface area contributed by atoms with Crippen LogP contribution in [-0.4, -0.2) is 15.4 Å². The van der Waals surface area contributed by atoms with E-state index in [2.05, 4.69) is 32.4 Å². The van der Waals surface area contributed by atoms with Crippen molar-refractivity contribution < 1.29 is 0 Å². The molecule has 0 N–H and O–H groups in total. The molecule has 3 nitrogen and oxygen atoms in total. The number of imidazole rings is 1. The average Bonchev–Trinajstić information content (AvgIpc) is 3.12. The Hall–Kier alpha value is -1.83. The van der Waals surface area contributed by atoms with Gasteiger partial charge in [0.05, 0.1) is 11.1 Å². The molecule has 0 aliphatic heterocycles. The van der Waals surface area contributed by atoms with Crippen molar-refractivity contribution >= 4 is 34.0 Å². The Kier molecular flexibility index (Phi) is 4.23. The van der Waals surface area contributed by atoms with Gasteiger partial charge in [-0.1, -0.05) is 6.07 Å². The zero-order valence-electron chi connectivity index (χ0n) is 11.4. The summed E-state index contributed by atoms with van der Waals surface area (Å²) in [6.45, 7) is 0.855. The zero-order chi connectivity index (χ0) is 14.7. The van der Waals surface area contributed by atoms with Gasteiger partial charge >= 0.3 is 0 Å². The highest BCUT2D eigenvalue weighted by Crippen LogP contribution is 2.21. The van der Waals surface area contributed by atoms with Gasteiger partial charge in [0, 0.05) is 18.8 Å². The van der Waals surface area contributed by atoms with Gasteiger partial charge in [0.15, 0.2) is 0 Å². The summed E-state index contributed by atoms with van der Waals surface area (Å²) in [6.07, 6.45) is 1.67. The molecule has 0 saturated heterocycles. The summed E-state index contributed by atoms with van der Waals surface area (Å²) < 4.78 is 2.19. The Labute approximate surface area is 132 Å². The van der Waals surface area contributed by atoms with Crippen LogP contribution in [0.3, 0.4) is 0 Å². The minimum atomic E-state index is 0.531. The number of benzene rings is 1. The van der Waals surface area contributed by atoms with Crippen LogP contribution in [-0.2, 0) is 19.4 Å². The third-order valence-corrected chi connectivity index (χ3v) is 4.42. The van der Waals surface area contributed by atoms with Gasteiger partial charge in [0.2, 0.25) is 0 Å². The third kappa shape index (κ3) is 2.80. The summed E-state index contributed by atoms with van der Waals surface area (Å²) in [5.74, 6) is 1.49. The monoisotopic (exact) mass is 315 g/mol. The SMILES string of the molecule is N#Cc1cccc2c1nc(CCCl)n2CCc1ccsc1. The predicted octanol–water partition coefficient (Wildman–Crippen LogP) is 3.99. The van der Waals surface area contributed by atoms with Crippen molar-refractivity contribution in [3.8, 4) is 6.07 Å². The van der Waals surface area contributed by atoms with Gasteiger partial charge < -0.3 is 4.57 Å². The van der Waals surface area contributed by atoms with Crippen molar-refractivity contribution in [1.82, 2.24) is 9.55 Å². The summed E-state index contributed by atoms with van der Waals surface area (Å²) in [4.78, 5) is 4.63. The molecule has 0 aliphatic carbocycles. The third-order valence-electron chi connectivity index (χ3n) is 3.50. The van der Waals surface area contributed by atoms with Crippen molar-refractivity contribution in [3.63, 3.8) is 0 Å². The minimum Gasteiger partial charge on any atom is -0.328 e. The lowest BCUT2D eigenvalue weighted by Gasteiger charge is -2.07. The van der Waals surface area contributed by atoms with Crippen LogP contribution in [0.5, 0.6) is 0 Å². The number of thiophene rings is 1. The average molecular weight is 316 g/mol. The summed E-state index contributed by atoms with van der Waals surface area (Å²) in [6, 6.07) is 10.1. The van der Waals surface area contributed by atoms with Crippen molar-refractivity contribution in [2.45, 2.75) is 19.4 Å². The van der Waals surface area contributed by atoms with E-state index < -0.39 is 0 Å². The minimum absolute atomic E-state index is 0.531. The van der Waals surface area contributed by atoms with Crippen molar-refractivity contribution in [1.29, 1.82) is 5.26 Å². The molecular weight excluding hydrogens is 302 g/mol. The number of alkyl halides is 1. The maximum Gasteiger partial charge on any atom is 0.111 e.